The van der Waals surface area contributed by atoms with Crippen LogP contribution in [-0.2, 0) is 0 Å². The normalized spacial score (nSPS) is 32.6. The van der Waals surface area contributed by atoms with Gasteiger partial charge in [-0.25, -0.2) is 0 Å². The number of thioether (sulfide) groups is 1. The largest absolute Gasteiger partial charge is 0.316 e. The molecule has 2 aliphatic rings. The van der Waals surface area contributed by atoms with Gasteiger partial charge < -0.3 is 5.32 Å². The Bertz CT molecular complexity index is 384. The van der Waals surface area contributed by atoms with Crippen molar-refractivity contribution >= 4 is 11.8 Å². The van der Waals surface area contributed by atoms with E-state index in [1.807, 2.05) is 0 Å². The maximum Gasteiger partial charge on any atom is 0.00283 e. The van der Waals surface area contributed by atoms with Crippen LogP contribution >= 0.6 is 11.8 Å². The first-order chi connectivity index (χ1) is 8.80. The third-order valence-corrected chi connectivity index (χ3v) is 6.08. The summed E-state index contributed by atoms with van der Waals surface area (Å²) >= 11 is 2.17. The number of benzene rings is 1. The molecule has 0 radical (unpaired) electrons. The lowest BCUT2D eigenvalue weighted by molar-refractivity contribution is 0.173. The third kappa shape index (κ3) is 2.33. The Labute approximate surface area is 115 Å². The van der Waals surface area contributed by atoms with Crippen molar-refractivity contribution in [2.75, 3.05) is 24.6 Å². The van der Waals surface area contributed by atoms with E-state index in [4.69, 9.17) is 0 Å². The van der Waals surface area contributed by atoms with Crippen molar-refractivity contribution in [2.45, 2.75) is 32.1 Å². The molecular formula is C16H23NS. The molecule has 0 aliphatic carbocycles. The maximum atomic E-state index is 3.61. The van der Waals surface area contributed by atoms with Crippen LogP contribution in [0.2, 0.25) is 0 Å². The van der Waals surface area contributed by atoms with Gasteiger partial charge in [-0.3, -0.25) is 0 Å². The summed E-state index contributed by atoms with van der Waals surface area (Å²) in [5.74, 6) is 3.46. The van der Waals surface area contributed by atoms with Gasteiger partial charge in [0.25, 0.3) is 0 Å². The van der Waals surface area contributed by atoms with Crippen molar-refractivity contribution in [1.29, 1.82) is 0 Å². The Morgan fingerprint density at radius 3 is 2.78 bits per heavy atom. The predicted molar refractivity (Wildman–Crippen MR) is 80.4 cm³/mol. The van der Waals surface area contributed by atoms with Gasteiger partial charge in [-0.1, -0.05) is 29.8 Å². The zero-order chi connectivity index (χ0) is 12.4. The fourth-order valence-corrected chi connectivity index (χ4v) is 4.98. The van der Waals surface area contributed by atoms with Gasteiger partial charge in [-0.15, -0.1) is 0 Å². The average molecular weight is 261 g/mol. The summed E-state index contributed by atoms with van der Waals surface area (Å²) in [5.41, 5.74) is 3.49. The van der Waals surface area contributed by atoms with Crippen molar-refractivity contribution in [1.82, 2.24) is 5.32 Å². The van der Waals surface area contributed by atoms with Crippen molar-refractivity contribution in [3.63, 3.8) is 0 Å². The first-order valence-electron chi connectivity index (χ1n) is 7.15. The molecule has 2 atom stereocenters. The zero-order valence-corrected chi connectivity index (χ0v) is 12.1. The van der Waals surface area contributed by atoms with E-state index in [9.17, 15) is 0 Å². The van der Waals surface area contributed by atoms with E-state index < -0.39 is 0 Å². The molecule has 2 saturated heterocycles. The quantitative estimate of drug-likeness (QED) is 0.829. The lowest BCUT2D eigenvalue weighted by Gasteiger charge is -2.47. The van der Waals surface area contributed by atoms with E-state index >= 15 is 0 Å². The van der Waals surface area contributed by atoms with Gasteiger partial charge in [-0.2, -0.15) is 11.8 Å². The van der Waals surface area contributed by atoms with Gasteiger partial charge in [0.15, 0.2) is 0 Å². The minimum atomic E-state index is 0.573. The molecule has 0 amide bonds. The Hall–Kier alpha value is -0.470. The summed E-state index contributed by atoms with van der Waals surface area (Å²) < 4.78 is 0. The van der Waals surface area contributed by atoms with Crippen LogP contribution in [0.1, 0.15) is 36.3 Å². The molecule has 2 aliphatic heterocycles. The van der Waals surface area contributed by atoms with E-state index in [2.05, 4.69) is 48.3 Å². The highest BCUT2D eigenvalue weighted by Gasteiger charge is 2.42. The number of aryl methyl sites for hydroxylation is 1. The maximum absolute atomic E-state index is 3.61. The molecule has 1 nitrogen and oxygen atoms in total. The minimum Gasteiger partial charge on any atom is -0.316 e. The standard InChI is InChI=1S/C16H23NS/c1-13-3-5-14(6-4-13)15-11-17-9-8-16(15)7-2-10-18-12-16/h3-6,15,17H,2,7-12H2,1H3. The van der Waals surface area contributed by atoms with Gasteiger partial charge in [0.1, 0.15) is 0 Å². The summed E-state index contributed by atoms with van der Waals surface area (Å²) in [7, 11) is 0. The molecule has 1 spiro atoms. The molecule has 0 bridgehead atoms. The number of rotatable bonds is 1. The van der Waals surface area contributed by atoms with E-state index in [-0.39, 0.29) is 0 Å². The van der Waals surface area contributed by atoms with Crippen LogP contribution < -0.4 is 5.32 Å². The summed E-state index contributed by atoms with van der Waals surface area (Å²) in [6.07, 6.45) is 4.20. The van der Waals surface area contributed by atoms with Gasteiger partial charge in [-0.05, 0) is 55.2 Å². The van der Waals surface area contributed by atoms with E-state index in [0.717, 1.165) is 5.92 Å². The van der Waals surface area contributed by atoms with Gasteiger partial charge >= 0.3 is 0 Å². The fraction of sp³-hybridized carbons (Fsp3) is 0.625. The molecule has 0 saturated carbocycles. The second-order valence-electron chi connectivity index (χ2n) is 5.94. The molecule has 2 unspecified atom stereocenters. The number of hydrogen-bond donors (Lipinski definition) is 1. The summed E-state index contributed by atoms with van der Waals surface area (Å²) in [6.45, 7) is 4.56. The predicted octanol–water partition coefficient (Wildman–Crippen LogP) is 3.59. The van der Waals surface area contributed by atoms with Crippen LogP contribution in [0.4, 0.5) is 0 Å². The van der Waals surface area contributed by atoms with Crippen molar-refractivity contribution in [3.05, 3.63) is 35.4 Å². The molecule has 2 heterocycles. The van der Waals surface area contributed by atoms with E-state index in [0.29, 0.717) is 5.41 Å². The molecule has 98 valence electrons. The zero-order valence-electron chi connectivity index (χ0n) is 11.2. The van der Waals surface area contributed by atoms with E-state index in [1.165, 1.54) is 49.4 Å². The smallest absolute Gasteiger partial charge is 0.00283 e. The van der Waals surface area contributed by atoms with Crippen LogP contribution in [0, 0.1) is 12.3 Å². The summed E-state index contributed by atoms with van der Waals surface area (Å²) in [4.78, 5) is 0. The molecule has 1 N–H and O–H groups in total. The van der Waals surface area contributed by atoms with Crippen LogP contribution in [0.5, 0.6) is 0 Å². The van der Waals surface area contributed by atoms with Crippen molar-refractivity contribution in [3.8, 4) is 0 Å². The Morgan fingerprint density at radius 1 is 1.22 bits per heavy atom. The Kier molecular flexibility index (Phi) is 3.67. The van der Waals surface area contributed by atoms with Crippen molar-refractivity contribution in [2.24, 2.45) is 5.41 Å². The van der Waals surface area contributed by atoms with Crippen LogP contribution in [0.15, 0.2) is 24.3 Å². The molecule has 2 fully saturated rings. The van der Waals surface area contributed by atoms with Crippen LogP contribution in [-0.4, -0.2) is 24.6 Å². The lowest BCUT2D eigenvalue weighted by atomic mass is 9.66. The van der Waals surface area contributed by atoms with Gasteiger partial charge in [0, 0.05) is 12.5 Å². The molecule has 0 aromatic heterocycles. The minimum absolute atomic E-state index is 0.573. The highest BCUT2D eigenvalue weighted by molar-refractivity contribution is 7.99. The monoisotopic (exact) mass is 261 g/mol. The van der Waals surface area contributed by atoms with E-state index in [1.54, 1.807) is 5.56 Å². The number of hydrogen-bond acceptors (Lipinski definition) is 2. The second-order valence-corrected chi connectivity index (χ2v) is 7.04. The van der Waals surface area contributed by atoms with Crippen LogP contribution in [0.3, 0.4) is 0 Å². The highest BCUT2D eigenvalue weighted by Crippen LogP contribution is 2.49. The topological polar surface area (TPSA) is 12.0 Å². The summed E-state index contributed by atoms with van der Waals surface area (Å²) in [6, 6.07) is 9.25. The molecule has 2 heteroatoms. The Morgan fingerprint density at radius 2 is 2.06 bits per heavy atom. The fourth-order valence-electron chi connectivity index (χ4n) is 3.59. The van der Waals surface area contributed by atoms with Crippen LogP contribution in [0.25, 0.3) is 0 Å². The lowest BCUT2D eigenvalue weighted by Crippen LogP contribution is -2.46. The first kappa shape index (κ1) is 12.6. The number of piperidine rings is 1. The second kappa shape index (κ2) is 5.26. The van der Waals surface area contributed by atoms with Gasteiger partial charge in [0.05, 0.1) is 0 Å². The first-order valence-corrected chi connectivity index (χ1v) is 8.31. The average Bonchev–Trinajstić information content (AvgIpc) is 2.42. The molecule has 18 heavy (non-hydrogen) atoms. The SMILES string of the molecule is Cc1ccc(C2CNCCC23CCCSC3)cc1. The van der Waals surface area contributed by atoms with Crippen molar-refractivity contribution < 1.29 is 0 Å². The van der Waals surface area contributed by atoms with Gasteiger partial charge in [0.2, 0.25) is 0 Å². The molecule has 3 rings (SSSR count). The highest BCUT2D eigenvalue weighted by atomic mass is 32.2. The molecular weight excluding hydrogens is 238 g/mol. The number of nitrogens with one attached hydrogen (secondary N) is 1. The third-order valence-electron chi connectivity index (χ3n) is 4.72. The molecule has 1 aromatic carbocycles. The molecule has 1 aromatic rings. The Balaban J connectivity index is 1.89. The summed E-state index contributed by atoms with van der Waals surface area (Å²) in [5, 5.41) is 3.61.